The third kappa shape index (κ3) is 12.7. The van der Waals surface area contributed by atoms with E-state index in [-0.39, 0.29) is 6.61 Å². The molecule has 0 bridgehead atoms. The molecule has 0 aliphatic rings. The van der Waals surface area contributed by atoms with Crippen LogP contribution in [0.15, 0.2) is 0 Å². The first-order valence-corrected chi connectivity index (χ1v) is 8.35. The molecule has 0 aromatic rings. The van der Waals surface area contributed by atoms with Gasteiger partial charge < -0.3 is 10.0 Å². The minimum atomic E-state index is 0.283. The van der Waals surface area contributed by atoms with Crippen LogP contribution in [0, 0.1) is 6.04 Å². The number of hydrogen-bond acceptors (Lipinski definition) is 2. The molecular weight excluding hydrogens is 234 g/mol. The van der Waals surface area contributed by atoms with E-state index in [0.29, 0.717) is 0 Å². The molecular formula is C17H36NO. The maximum Gasteiger partial charge on any atom is 0.0449 e. The minimum Gasteiger partial charge on any atom is -0.396 e. The zero-order chi connectivity index (χ0) is 14.3. The molecule has 0 unspecified atom stereocenters. The van der Waals surface area contributed by atoms with E-state index in [1.807, 2.05) is 0 Å². The maximum absolute atomic E-state index is 9.00. The third-order valence-corrected chi connectivity index (χ3v) is 3.85. The average Bonchev–Trinajstić information content (AvgIpc) is 2.39. The number of nitrogens with zero attached hydrogens (tertiary/aromatic N) is 1. The van der Waals surface area contributed by atoms with Crippen molar-refractivity contribution in [2.75, 3.05) is 20.7 Å². The van der Waals surface area contributed by atoms with Crippen LogP contribution >= 0.6 is 0 Å². The van der Waals surface area contributed by atoms with Crippen LogP contribution in [0.3, 0.4) is 0 Å². The highest BCUT2D eigenvalue weighted by atomic mass is 16.3. The van der Waals surface area contributed by atoms with Crippen molar-refractivity contribution >= 4 is 0 Å². The van der Waals surface area contributed by atoms with Gasteiger partial charge in [0, 0.05) is 12.6 Å². The van der Waals surface area contributed by atoms with Crippen molar-refractivity contribution in [2.45, 2.75) is 84.0 Å². The maximum atomic E-state index is 9.00. The predicted octanol–water partition coefficient (Wildman–Crippen LogP) is 4.77. The van der Waals surface area contributed by atoms with Crippen LogP contribution in [-0.2, 0) is 0 Å². The summed E-state index contributed by atoms with van der Waals surface area (Å²) in [4.78, 5) is 2.17. The molecule has 2 heteroatoms. The molecule has 0 heterocycles. The second-order valence-electron chi connectivity index (χ2n) is 5.87. The fourth-order valence-corrected chi connectivity index (χ4v) is 2.52. The molecule has 0 atom stereocenters. The lowest BCUT2D eigenvalue weighted by molar-refractivity contribution is 0.255. The van der Waals surface area contributed by atoms with Gasteiger partial charge in [0.15, 0.2) is 0 Å². The summed E-state index contributed by atoms with van der Waals surface area (Å²) in [5, 5.41) is 9.00. The van der Waals surface area contributed by atoms with Crippen molar-refractivity contribution in [2.24, 2.45) is 0 Å². The van der Waals surface area contributed by atoms with Crippen LogP contribution in [0.5, 0.6) is 0 Å². The summed E-state index contributed by atoms with van der Waals surface area (Å²) in [6, 6.07) is 1.39. The normalized spacial score (nSPS) is 11.7. The molecule has 1 N–H and O–H groups in total. The quantitative estimate of drug-likeness (QED) is 0.459. The molecule has 0 aliphatic carbocycles. The lowest BCUT2D eigenvalue weighted by Gasteiger charge is -2.22. The molecule has 0 spiro atoms. The standard InChI is InChI=1S/C17H36NO/c1-4-5-6-7-8-9-10-11-12-13-14-17(15-16-19)18(2)3/h19H,4-16H2,1-3H3. The fraction of sp³-hybridized carbons (Fsp3) is 0.941. The number of hydrogen-bond donors (Lipinski definition) is 1. The summed E-state index contributed by atoms with van der Waals surface area (Å²) in [7, 11) is 4.17. The molecule has 0 amide bonds. The molecule has 0 saturated carbocycles. The Morgan fingerprint density at radius 3 is 1.63 bits per heavy atom. The average molecular weight is 270 g/mol. The van der Waals surface area contributed by atoms with Crippen molar-refractivity contribution in [1.29, 1.82) is 0 Å². The topological polar surface area (TPSA) is 23.5 Å². The van der Waals surface area contributed by atoms with Gasteiger partial charge in [-0.2, -0.15) is 0 Å². The van der Waals surface area contributed by atoms with E-state index in [4.69, 9.17) is 5.11 Å². The van der Waals surface area contributed by atoms with Crippen molar-refractivity contribution in [3.05, 3.63) is 6.04 Å². The highest BCUT2D eigenvalue weighted by Gasteiger charge is 2.10. The summed E-state index contributed by atoms with van der Waals surface area (Å²) < 4.78 is 0. The Morgan fingerprint density at radius 2 is 1.21 bits per heavy atom. The first-order valence-electron chi connectivity index (χ1n) is 8.35. The van der Waals surface area contributed by atoms with Gasteiger partial charge in [-0.05, 0) is 26.9 Å². The largest absolute Gasteiger partial charge is 0.396 e. The van der Waals surface area contributed by atoms with E-state index < -0.39 is 0 Å². The van der Waals surface area contributed by atoms with Crippen LogP contribution in [0.2, 0.25) is 0 Å². The summed E-state index contributed by atoms with van der Waals surface area (Å²) in [6.07, 6.45) is 15.9. The molecule has 115 valence electrons. The van der Waals surface area contributed by atoms with Gasteiger partial charge in [0.2, 0.25) is 0 Å². The van der Waals surface area contributed by atoms with Crippen molar-refractivity contribution < 1.29 is 5.11 Å². The highest BCUT2D eigenvalue weighted by Crippen LogP contribution is 2.19. The van der Waals surface area contributed by atoms with Gasteiger partial charge in [-0.3, -0.25) is 0 Å². The zero-order valence-corrected chi connectivity index (χ0v) is 13.6. The van der Waals surface area contributed by atoms with Gasteiger partial charge in [0.1, 0.15) is 0 Å². The zero-order valence-electron chi connectivity index (χ0n) is 13.6. The van der Waals surface area contributed by atoms with Gasteiger partial charge in [0.05, 0.1) is 0 Å². The van der Waals surface area contributed by atoms with E-state index in [1.54, 1.807) is 0 Å². The molecule has 19 heavy (non-hydrogen) atoms. The van der Waals surface area contributed by atoms with Gasteiger partial charge in [-0.15, -0.1) is 0 Å². The summed E-state index contributed by atoms with van der Waals surface area (Å²) in [6.45, 7) is 2.56. The highest BCUT2D eigenvalue weighted by molar-refractivity contribution is 4.85. The second kappa shape index (κ2) is 14.3. The van der Waals surface area contributed by atoms with Crippen molar-refractivity contribution in [3.63, 3.8) is 0 Å². The number of rotatable bonds is 14. The Balaban J connectivity index is 3.25. The Morgan fingerprint density at radius 1 is 0.737 bits per heavy atom. The van der Waals surface area contributed by atoms with Crippen molar-refractivity contribution in [1.82, 2.24) is 4.90 Å². The van der Waals surface area contributed by atoms with Gasteiger partial charge >= 0.3 is 0 Å². The van der Waals surface area contributed by atoms with E-state index >= 15 is 0 Å². The van der Waals surface area contributed by atoms with E-state index in [2.05, 4.69) is 25.9 Å². The Bertz CT molecular complexity index is 171. The lowest BCUT2D eigenvalue weighted by atomic mass is 10.0. The summed E-state index contributed by atoms with van der Waals surface area (Å²) >= 11 is 0. The third-order valence-electron chi connectivity index (χ3n) is 3.85. The van der Waals surface area contributed by atoms with Gasteiger partial charge in [0.25, 0.3) is 0 Å². The van der Waals surface area contributed by atoms with Crippen LogP contribution in [0.1, 0.15) is 84.0 Å². The van der Waals surface area contributed by atoms with Crippen LogP contribution in [0.4, 0.5) is 0 Å². The van der Waals surface area contributed by atoms with Gasteiger partial charge in [-0.1, -0.05) is 71.1 Å². The van der Waals surface area contributed by atoms with Gasteiger partial charge in [-0.25, -0.2) is 0 Å². The molecule has 0 fully saturated rings. The second-order valence-corrected chi connectivity index (χ2v) is 5.87. The van der Waals surface area contributed by atoms with Crippen LogP contribution in [0.25, 0.3) is 0 Å². The Hall–Kier alpha value is -0.0800. The summed E-state index contributed by atoms with van der Waals surface area (Å²) in [5.74, 6) is 0. The number of unbranched alkanes of at least 4 members (excludes halogenated alkanes) is 9. The van der Waals surface area contributed by atoms with E-state index in [9.17, 15) is 0 Å². The van der Waals surface area contributed by atoms with E-state index in [1.165, 1.54) is 70.3 Å². The molecule has 0 aromatic carbocycles. The molecule has 0 rings (SSSR count). The van der Waals surface area contributed by atoms with Crippen molar-refractivity contribution in [3.8, 4) is 0 Å². The van der Waals surface area contributed by atoms with E-state index in [0.717, 1.165) is 12.8 Å². The predicted molar refractivity (Wildman–Crippen MR) is 85.1 cm³/mol. The summed E-state index contributed by atoms with van der Waals surface area (Å²) in [5.41, 5.74) is 0. The Kier molecular flexibility index (Phi) is 14.3. The monoisotopic (exact) mass is 270 g/mol. The minimum absolute atomic E-state index is 0.283. The molecule has 0 saturated heterocycles. The molecule has 0 aromatic heterocycles. The first kappa shape index (κ1) is 18.9. The van der Waals surface area contributed by atoms with Crippen LogP contribution < -0.4 is 0 Å². The van der Waals surface area contributed by atoms with Crippen LogP contribution in [-0.4, -0.2) is 30.7 Å². The molecule has 2 nitrogen and oxygen atoms in total. The lowest BCUT2D eigenvalue weighted by Crippen LogP contribution is -2.20. The number of aliphatic hydroxyl groups is 1. The molecule has 1 radical (unpaired) electrons. The smallest absolute Gasteiger partial charge is 0.0449 e. The first-order chi connectivity index (χ1) is 9.22. The SMILES string of the molecule is CCCCCCCCCCCC[C](CCO)N(C)C. The number of aliphatic hydroxyl groups excluding tert-OH is 1. The molecule has 0 aliphatic heterocycles. The fourth-order valence-electron chi connectivity index (χ4n) is 2.52. The Labute approximate surface area is 121 Å².